The Morgan fingerprint density at radius 2 is 1.92 bits per heavy atom. The summed E-state index contributed by atoms with van der Waals surface area (Å²) in [7, 11) is 5.28. The number of piperidine rings is 1. The Hall–Kier alpha value is -2.28. The maximum atomic E-state index is 12.4. The van der Waals surface area contributed by atoms with E-state index in [4.69, 9.17) is 18.9 Å². The van der Waals surface area contributed by atoms with Gasteiger partial charge >= 0.3 is 0 Å². The quantitative estimate of drug-likeness (QED) is 0.540. The zero-order chi connectivity index (χ0) is 26.8. The summed E-state index contributed by atoms with van der Waals surface area (Å²) in [5.74, 6) is 3.37. The number of hydrogen-bond donors (Lipinski definition) is 1. The number of rotatable bonds is 7. The number of fused-ring (bicyclic) bond motifs is 2. The van der Waals surface area contributed by atoms with Gasteiger partial charge in [0.2, 0.25) is 0 Å². The standard InChI is InChI=1S/C33H41NO5/c1-30(28(35)22-6-5-7-23(16-22)36-2)19-31-12-13-33(30,38-4)29-32(31)14-15-34(18-20-8-9-20)25(31)17-21-10-11-24(37-3)27(39-29)26(21)32/h5-7,10-11,16,20,25,28-29,35H,8-9,12-15,17-19H2,1-4H3/t25-,28-,29-,30+,31-,32+,33+/m1/s1. The number of benzene rings is 2. The summed E-state index contributed by atoms with van der Waals surface area (Å²) in [6, 6.07) is 12.8. The average Bonchev–Trinajstić information content (AvgIpc) is 3.71. The normalized spacial score (nSPS) is 40.1. The van der Waals surface area contributed by atoms with Gasteiger partial charge in [-0.05, 0) is 86.7 Å². The maximum Gasteiger partial charge on any atom is 0.165 e. The summed E-state index contributed by atoms with van der Waals surface area (Å²) in [6.45, 7) is 4.58. The van der Waals surface area contributed by atoms with Crippen molar-refractivity contribution in [3.8, 4) is 17.2 Å². The molecule has 0 aromatic heterocycles. The number of aliphatic hydroxyl groups excluding tert-OH is 1. The minimum Gasteiger partial charge on any atom is -0.497 e. The van der Waals surface area contributed by atoms with Crippen LogP contribution in [0.1, 0.15) is 68.2 Å². The fourth-order valence-electron chi connectivity index (χ4n) is 10.5. The fraction of sp³-hybridized carbons (Fsp3) is 0.636. The second kappa shape index (κ2) is 7.92. The number of nitrogens with zero attached hydrogens (tertiary/aromatic N) is 1. The summed E-state index contributed by atoms with van der Waals surface area (Å²) in [6.07, 6.45) is 6.86. The van der Waals surface area contributed by atoms with Gasteiger partial charge in [-0.1, -0.05) is 25.1 Å². The van der Waals surface area contributed by atoms with Crippen LogP contribution in [0.2, 0.25) is 0 Å². The van der Waals surface area contributed by atoms with E-state index in [0.29, 0.717) is 6.04 Å². The van der Waals surface area contributed by atoms with Crippen molar-refractivity contribution in [3.63, 3.8) is 0 Å². The van der Waals surface area contributed by atoms with Crippen LogP contribution in [0.25, 0.3) is 0 Å². The minimum absolute atomic E-state index is 0.00426. The van der Waals surface area contributed by atoms with Crippen molar-refractivity contribution in [1.29, 1.82) is 0 Å². The summed E-state index contributed by atoms with van der Waals surface area (Å²) in [4.78, 5) is 2.84. The summed E-state index contributed by atoms with van der Waals surface area (Å²) in [5, 5.41) is 12.4. The summed E-state index contributed by atoms with van der Waals surface area (Å²) < 4.78 is 25.4. The molecule has 5 aliphatic carbocycles. The highest BCUT2D eigenvalue weighted by atomic mass is 16.6. The van der Waals surface area contributed by atoms with E-state index in [1.165, 1.54) is 30.5 Å². The highest BCUT2D eigenvalue weighted by molar-refractivity contribution is 5.64. The molecule has 2 spiro atoms. The van der Waals surface area contributed by atoms with E-state index in [2.05, 4.69) is 24.0 Å². The third-order valence-electron chi connectivity index (χ3n) is 12.3. The molecule has 1 N–H and O–H groups in total. The van der Waals surface area contributed by atoms with Crippen LogP contribution in [-0.2, 0) is 16.6 Å². The molecule has 6 heteroatoms. The SMILES string of the molecule is COc1cccc([C@@H](O)[C@]2(C)C[C@@]34CC[C@]2(OC)[C@@H]2Oc5c(OC)ccc6c5[C@@]23CCN(CC2CC2)[C@@H]4C6)c1. The van der Waals surface area contributed by atoms with Crippen LogP contribution in [0, 0.1) is 16.7 Å². The van der Waals surface area contributed by atoms with Gasteiger partial charge in [-0.15, -0.1) is 0 Å². The van der Waals surface area contributed by atoms with Crippen molar-refractivity contribution in [2.24, 2.45) is 16.7 Å². The molecule has 7 aliphatic rings. The van der Waals surface area contributed by atoms with E-state index in [1.807, 2.05) is 31.4 Å². The Morgan fingerprint density at radius 3 is 2.67 bits per heavy atom. The zero-order valence-corrected chi connectivity index (χ0v) is 23.7. The van der Waals surface area contributed by atoms with Gasteiger partial charge in [0.15, 0.2) is 11.5 Å². The van der Waals surface area contributed by atoms with Gasteiger partial charge in [-0.3, -0.25) is 4.90 Å². The molecule has 0 unspecified atom stereocenters. The molecule has 4 bridgehead atoms. The summed E-state index contributed by atoms with van der Waals surface area (Å²) >= 11 is 0. The average molecular weight is 532 g/mol. The molecule has 0 radical (unpaired) electrons. The van der Waals surface area contributed by atoms with Crippen LogP contribution >= 0.6 is 0 Å². The predicted octanol–water partition coefficient (Wildman–Crippen LogP) is 5.05. The molecule has 1 saturated heterocycles. The zero-order valence-electron chi connectivity index (χ0n) is 23.7. The van der Waals surface area contributed by atoms with Crippen molar-refractivity contribution >= 4 is 0 Å². The molecular formula is C33H41NO5. The molecule has 2 aromatic carbocycles. The largest absolute Gasteiger partial charge is 0.497 e. The molecule has 5 fully saturated rings. The second-order valence-electron chi connectivity index (χ2n) is 13.5. The van der Waals surface area contributed by atoms with Crippen LogP contribution < -0.4 is 14.2 Å². The highest BCUT2D eigenvalue weighted by Gasteiger charge is 2.84. The molecule has 0 amide bonds. The Morgan fingerprint density at radius 1 is 1.08 bits per heavy atom. The Kier molecular flexibility index (Phi) is 4.98. The number of methoxy groups -OCH3 is 3. The fourth-order valence-corrected chi connectivity index (χ4v) is 10.5. The van der Waals surface area contributed by atoms with Gasteiger partial charge in [-0.2, -0.15) is 0 Å². The van der Waals surface area contributed by atoms with Crippen molar-refractivity contribution in [1.82, 2.24) is 4.90 Å². The van der Waals surface area contributed by atoms with Gasteiger partial charge in [0.05, 0.1) is 20.3 Å². The third-order valence-corrected chi connectivity index (χ3v) is 12.3. The summed E-state index contributed by atoms with van der Waals surface area (Å²) in [5.41, 5.74) is 2.40. The van der Waals surface area contributed by atoms with E-state index in [9.17, 15) is 5.11 Å². The number of hydrogen-bond acceptors (Lipinski definition) is 6. The van der Waals surface area contributed by atoms with E-state index in [1.54, 1.807) is 14.2 Å². The van der Waals surface area contributed by atoms with Crippen LogP contribution in [-0.4, -0.2) is 62.2 Å². The van der Waals surface area contributed by atoms with Crippen LogP contribution in [0.15, 0.2) is 36.4 Å². The van der Waals surface area contributed by atoms with Crippen LogP contribution in [0.4, 0.5) is 0 Å². The third kappa shape index (κ3) is 2.74. The van der Waals surface area contributed by atoms with Crippen LogP contribution in [0.3, 0.4) is 0 Å². The molecule has 2 aliphatic heterocycles. The molecule has 2 aromatic rings. The Balaban J connectivity index is 1.35. The lowest BCUT2D eigenvalue weighted by molar-refractivity contribution is -0.324. The number of likely N-dealkylation sites (tertiary alicyclic amines) is 1. The van der Waals surface area contributed by atoms with Gasteiger partial charge in [0.25, 0.3) is 0 Å². The molecular weight excluding hydrogens is 490 g/mol. The first kappa shape index (κ1) is 24.5. The maximum absolute atomic E-state index is 12.4. The number of aliphatic hydroxyl groups is 1. The van der Waals surface area contributed by atoms with E-state index in [-0.39, 0.29) is 16.9 Å². The number of ether oxygens (including phenoxy) is 4. The lowest BCUT2D eigenvalue weighted by atomic mass is 9.31. The first-order valence-corrected chi connectivity index (χ1v) is 14.9. The molecule has 4 saturated carbocycles. The molecule has 9 rings (SSSR count). The van der Waals surface area contributed by atoms with Gasteiger partial charge < -0.3 is 24.1 Å². The monoisotopic (exact) mass is 531 g/mol. The second-order valence-corrected chi connectivity index (χ2v) is 13.5. The van der Waals surface area contributed by atoms with E-state index < -0.39 is 17.1 Å². The van der Waals surface area contributed by atoms with Crippen LogP contribution in [0.5, 0.6) is 17.2 Å². The molecule has 7 atom stereocenters. The lowest BCUT2D eigenvalue weighted by Gasteiger charge is -2.76. The Bertz CT molecular complexity index is 1340. The molecule has 6 nitrogen and oxygen atoms in total. The first-order valence-electron chi connectivity index (χ1n) is 14.9. The van der Waals surface area contributed by atoms with E-state index in [0.717, 1.165) is 67.4 Å². The minimum atomic E-state index is -0.713. The van der Waals surface area contributed by atoms with Gasteiger partial charge in [-0.25, -0.2) is 0 Å². The predicted molar refractivity (Wildman–Crippen MR) is 148 cm³/mol. The van der Waals surface area contributed by atoms with Crippen molar-refractivity contribution in [2.75, 3.05) is 34.4 Å². The van der Waals surface area contributed by atoms with E-state index >= 15 is 0 Å². The molecule has 2 heterocycles. The van der Waals surface area contributed by atoms with Gasteiger partial charge in [0, 0.05) is 41.5 Å². The van der Waals surface area contributed by atoms with Crippen molar-refractivity contribution in [3.05, 3.63) is 53.1 Å². The topological polar surface area (TPSA) is 60.4 Å². The van der Waals surface area contributed by atoms with Crippen molar-refractivity contribution < 1.29 is 24.1 Å². The smallest absolute Gasteiger partial charge is 0.165 e. The molecule has 208 valence electrons. The first-order chi connectivity index (χ1) is 18.9. The highest BCUT2D eigenvalue weighted by Crippen LogP contribution is 2.80. The van der Waals surface area contributed by atoms with Crippen molar-refractivity contribution in [2.45, 2.75) is 81.1 Å². The van der Waals surface area contributed by atoms with Gasteiger partial charge in [0.1, 0.15) is 17.5 Å². The Labute approximate surface area is 231 Å². The molecule has 39 heavy (non-hydrogen) atoms. The lowest BCUT2D eigenvalue weighted by Crippen LogP contribution is -2.83.